The number of rotatable bonds is 3. The summed E-state index contributed by atoms with van der Waals surface area (Å²) < 4.78 is 11.4. The van der Waals surface area contributed by atoms with Crippen LogP contribution >= 0.6 is 0 Å². The molecule has 92 valence electrons. The Balaban J connectivity index is 2.12. The molecule has 0 fully saturated rings. The number of aliphatic carboxylic acids is 1. The van der Waals surface area contributed by atoms with E-state index in [9.17, 15) is 4.79 Å². The van der Waals surface area contributed by atoms with Gasteiger partial charge in [0.2, 0.25) is 5.79 Å². The summed E-state index contributed by atoms with van der Waals surface area (Å²) in [5.41, 5.74) is 2.17. The minimum atomic E-state index is -0.840. The summed E-state index contributed by atoms with van der Waals surface area (Å²) in [4.78, 5) is 10.6. The van der Waals surface area contributed by atoms with Crippen LogP contribution in [-0.4, -0.2) is 16.9 Å². The molecule has 0 saturated carbocycles. The SMILES string of the molecule is Cc1ccc2c(c1)COC(C)(CCC(=O)O)O2. The zero-order chi connectivity index (χ0) is 12.5. The standard InChI is InChI=1S/C13H16O4/c1-9-3-4-11-10(7-9)8-16-13(2,17-11)6-5-12(14)15/h3-4,7H,5-6,8H2,1-2H3,(H,14,15). The zero-order valence-electron chi connectivity index (χ0n) is 10.0. The molecule has 1 aliphatic rings. The summed E-state index contributed by atoms with van der Waals surface area (Å²) in [6.07, 6.45) is 0.382. The number of carboxylic acid groups (broad SMARTS) is 1. The lowest BCUT2D eigenvalue weighted by atomic mass is 10.1. The van der Waals surface area contributed by atoms with Gasteiger partial charge in [-0.05, 0) is 13.0 Å². The number of hydrogen-bond donors (Lipinski definition) is 1. The molecule has 0 amide bonds. The van der Waals surface area contributed by atoms with E-state index in [-0.39, 0.29) is 6.42 Å². The summed E-state index contributed by atoms with van der Waals surface area (Å²) in [6, 6.07) is 5.90. The predicted octanol–water partition coefficient (Wildman–Crippen LogP) is 2.49. The summed E-state index contributed by atoms with van der Waals surface area (Å²) in [7, 11) is 0. The van der Waals surface area contributed by atoms with Crippen molar-refractivity contribution in [3.8, 4) is 5.75 Å². The van der Waals surface area contributed by atoms with Gasteiger partial charge < -0.3 is 14.6 Å². The third-order valence-electron chi connectivity index (χ3n) is 2.87. The number of hydrogen-bond acceptors (Lipinski definition) is 3. The minimum Gasteiger partial charge on any atom is -0.481 e. The molecule has 4 nitrogen and oxygen atoms in total. The first-order chi connectivity index (χ1) is 7.98. The van der Waals surface area contributed by atoms with Gasteiger partial charge >= 0.3 is 5.97 Å². The number of carbonyl (C=O) groups is 1. The Bertz CT molecular complexity index is 441. The van der Waals surface area contributed by atoms with Crippen LogP contribution in [0.5, 0.6) is 5.75 Å². The molecule has 1 heterocycles. The monoisotopic (exact) mass is 236 g/mol. The Morgan fingerprint density at radius 1 is 1.53 bits per heavy atom. The van der Waals surface area contributed by atoms with E-state index in [4.69, 9.17) is 14.6 Å². The van der Waals surface area contributed by atoms with Gasteiger partial charge in [0.25, 0.3) is 0 Å². The fourth-order valence-electron chi connectivity index (χ4n) is 1.87. The average Bonchev–Trinajstić information content (AvgIpc) is 2.27. The van der Waals surface area contributed by atoms with Gasteiger partial charge in [-0.15, -0.1) is 0 Å². The molecule has 0 aromatic heterocycles. The van der Waals surface area contributed by atoms with Gasteiger partial charge in [0.05, 0.1) is 13.0 Å². The highest BCUT2D eigenvalue weighted by atomic mass is 16.7. The molecular formula is C13H16O4. The van der Waals surface area contributed by atoms with Crippen molar-refractivity contribution in [3.63, 3.8) is 0 Å². The molecule has 0 spiro atoms. The van der Waals surface area contributed by atoms with E-state index in [1.807, 2.05) is 25.1 Å². The van der Waals surface area contributed by atoms with Crippen LogP contribution in [0.3, 0.4) is 0 Å². The number of benzene rings is 1. The fraction of sp³-hybridized carbons (Fsp3) is 0.462. The van der Waals surface area contributed by atoms with E-state index in [2.05, 4.69) is 0 Å². The van der Waals surface area contributed by atoms with Crippen LogP contribution in [0.1, 0.15) is 30.9 Å². The average molecular weight is 236 g/mol. The lowest BCUT2D eigenvalue weighted by Gasteiger charge is -2.35. The maximum Gasteiger partial charge on any atom is 0.303 e. The van der Waals surface area contributed by atoms with Crippen molar-refractivity contribution >= 4 is 5.97 Å². The second-order valence-electron chi connectivity index (χ2n) is 4.53. The zero-order valence-corrected chi connectivity index (χ0v) is 10.0. The van der Waals surface area contributed by atoms with Crippen molar-refractivity contribution in [3.05, 3.63) is 29.3 Å². The number of ether oxygens (including phenoxy) is 2. The first kappa shape index (κ1) is 11.9. The lowest BCUT2D eigenvalue weighted by molar-refractivity contribution is -0.199. The Labute approximate surface area is 100 Å². The number of aryl methyl sites for hydroxylation is 1. The molecule has 1 N–H and O–H groups in total. The summed E-state index contributed by atoms with van der Waals surface area (Å²) in [5.74, 6) is -0.886. The molecule has 2 rings (SSSR count). The molecule has 1 atom stereocenters. The smallest absolute Gasteiger partial charge is 0.303 e. The van der Waals surface area contributed by atoms with E-state index in [1.165, 1.54) is 0 Å². The van der Waals surface area contributed by atoms with Gasteiger partial charge in [0, 0.05) is 18.9 Å². The second kappa shape index (κ2) is 4.37. The third-order valence-corrected chi connectivity index (χ3v) is 2.87. The first-order valence-corrected chi connectivity index (χ1v) is 5.63. The predicted molar refractivity (Wildman–Crippen MR) is 61.9 cm³/mol. The van der Waals surface area contributed by atoms with E-state index >= 15 is 0 Å². The highest BCUT2D eigenvalue weighted by Gasteiger charge is 2.32. The van der Waals surface area contributed by atoms with Crippen LogP contribution in [0, 0.1) is 6.92 Å². The van der Waals surface area contributed by atoms with Crippen LogP contribution in [0.2, 0.25) is 0 Å². The second-order valence-corrected chi connectivity index (χ2v) is 4.53. The Morgan fingerprint density at radius 3 is 3.00 bits per heavy atom. The lowest BCUT2D eigenvalue weighted by Crippen LogP contribution is -2.39. The van der Waals surface area contributed by atoms with Crippen LogP contribution in [-0.2, 0) is 16.1 Å². The normalized spacial score (nSPS) is 22.7. The fourth-order valence-corrected chi connectivity index (χ4v) is 1.87. The molecule has 1 aromatic rings. The van der Waals surface area contributed by atoms with Crippen LogP contribution < -0.4 is 4.74 Å². The van der Waals surface area contributed by atoms with Crippen molar-refractivity contribution < 1.29 is 19.4 Å². The molecule has 1 aromatic carbocycles. The van der Waals surface area contributed by atoms with E-state index in [0.717, 1.165) is 16.9 Å². The van der Waals surface area contributed by atoms with Gasteiger partial charge in [-0.3, -0.25) is 4.79 Å². The summed E-state index contributed by atoms with van der Waals surface area (Å²) in [5, 5.41) is 8.68. The molecule has 4 heteroatoms. The van der Waals surface area contributed by atoms with Gasteiger partial charge in [-0.1, -0.05) is 17.7 Å². The highest BCUT2D eigenvalue weighted by molar-refractivity contribution is 5.66. The Morgan fingerprint density at radius 2 is 2.29 bits per heavy atom. The summed E-state index contributed by atoms with van der Waals surface area (Å²) >= 11 is 0. The molecule has 1 aliphatic heterocycles. The van der Waals surface area contributed by atoms with E-state index in [0.29, 0.717) is 13.0 Å². The van der Waals surface area contributed by atoms with Crippen molar-refractivity contribution in [2.45, 2.75) is 39.1 Å². The molecule has 0 bridgehead atoms. The number of carboxylic acids is 1. The first-order valence-electron chi connectivity index (χ1n) is 5.63. The molecular weight excluding hydrogens is 220 g/mol. The Hall–Kier alpha value is -1.55. The molecule has 0 radical (unpaired) electrons. The van der Waals surface area contributed by atoms with Gasteiger partial charge in [0.15, 0.2) is 0 Å². The maximum absolute atomic E-state index is 10.6. The van der Waals surface area contributed by atoms with Crippen molar-refractivity contribution in [2.24, 2.45) is 0 Å². The van der Waals surface area contributed by atoms with Crippen LogP contribution in [0.15, 0.2) is 18.2 Å². The van der Waals surface area contributed by atoms with Crippen LogP contribution in [0.4, 0.5) is 0 Å². The topological polar surface area (TPSA) is 55.8 Å². The molecule has 0 saturated heterocycles. The Kier molecular flexibility index (Phi) is 3.07. The van der Waals surface area contributed by atoms with Crippen molar-refractivity contribution in [1.29, 1.82) is 0 Å². The minimum absolute atomic E-state index is 0.0394. The van der Waals surface area contributed by atoms with Gasteiger partial charge in [0.1, 0.15) is 5.75 Å². The maximum atomic E-state index is 10.6. The van der Waals surface area contributed by atoms with E-state index < -0.39 is 11.8 Å². The summed E-state index contributed by atoms with van der Waals surface area (Å²) in [6.45, 7) is 4.25. The van der Waals surface area contributed by atoms with E-state index in [1.54, 1.807) is 6.92 Å². The van der Waals surface area contributed by atoms with Crippen LogP contribution in [0.25, 0.3) is 0 Å². The largest absolute Gasteiger partial charge is 0.481 e. The van der Waals surface area contributed by atoms with Gasteiger partial charge in [-0.2, -0.15) is 0 Å². The quantitative estimate of drug-likeness (QED) is 0.876. The van der Waals surface area contributed by atoms with Crippen molar-refractivity contribution in [2.75, 3.05) is 0 Å². The number of fused-ring (bicyclic) bond motifs is 1. The molecule has 0 aliphatic carbocycles. The third kappa shape index (κ3) is 2.77. The van der Waals surface area contributed by atoms with Gasteiger partial charge in [-0.25, -0.2) is 0 Å². The molecule has 1 unspecified atom stereocenters. The van der Waals surface area contributed by atoms with Crippen molar-refractivity contribution in [1.82, 2.24) is 0 Å². The highest BCUT2D eigenvalue weighted by Crippen LogP contribution is 2.34. The molecule has 17 heavy (non-hydrogen) atoms.